The summed E-state index contributed by atoms with van der Waals surface area (Å²) >= 11 is 0. The first-order chi connectivity index (χ1) is 6.72. The number of rotatable bonds is 0. The number of ether oxygens (including phenoxy) is 1. The number of methoxy groups -OCH3 is 1. The quantitative estimate of drug-likeness (QED) is 0.626. The van der Waals surface area contributed by atoms with Gasteiger partial charge in [0.15, 0.2) is 0 Å². The highest BCUT2D eigenvalue weighted by molar-refractivity contribution is 5.67. The van der Waals surface area contributed by atoms with Crippen LogP contribution in [0, 0.1) is 11.8 Å². The molecular formula is C10H18N2O2. The highest BCUT2D eigenvalue weighted by Crippen LogP contribution is 2.35. The number of hydrogen-bond acceptors (Lipinski definition) is 3. The van der Waals surface area contributed by atoms with Crippen molar-refractivity contribution in [2.45, 2.75) is 25.3 Å². The maximum atomic E-state index is 11.3. The molecule has 2 aliphatic rings. The van der Waals surface area contributed by atoms with E-state index in [1.807, 2.05) is 0 Å². The number of likely N-dealkylation sites (tertiary alicyclic amines) is 1. The minimum Gasteiger partial charge on any atom is -0.453 e. The Hall–Kier alpha value is -0.770. The summed E-state index contributed by atoms with van der Waals surface area (Å²) in [5.74, 6) is 1.11. The van der Waals surface area contributed by atoms with Gasteiger partial charge in [-0.3, -0.25) is 0 Å². The fourth-order valence-corrected chi connectivity index (χ4v) is 2.79. The fraction of sp³-hybridized carbons (Fsp3) is 0.900. The Morgan fingerprint density at radius 3 is 2.86 bits per heavy atom. The van der Waals surface area contributed by atoms with E-state index in [1.54, 1.807) is 4.90 Å². The van der Waals surface area contributed by atoms with Gasteiger partial charge in [0.2, 0.25) is 0 Å². The third-order valence-electron chi connectivity index (χ3n) is 3.59. The van der Waals surface area contributed by atoms with E-state index < -0.39 is 0 Å². The van der Waals surface area contributed by atoms with E-state index in [1.165, 1.54) is 20.0 Å². The van der Waals surface area contributed by atoms with Crippen molar-refractivity contribution in [1.29, 1.82) is 0 Å². The number of nitrogens with zero attached hydrogens (tertiary/aromatic N) is 1. The average Bonchev–Trinajstić information content (AvgIpc) is 2.62. The van der Waals surface area contributed by atoms with Crippen molar-refractivity contribution in [1.82, 2.24) is 4.90 Å². The Morgan fingerprint density at radius 1 is 1.43 bits per heavy atom. The smallest absolute Gasteiger partial charge is 0.409 e. The van der Waals surface area contributed by atoms with Crippen LogP contribution in [-0.2, 0) is 4.74 Å². The molecule has 2 fully saturated rings. The van der Waals surface area contributed by atoms with E-state index in [0.29, 0.717) is 11.8 Å². The lowest BCUT2D eigenvalue weighted by Crippen LogP contribution is -2.38. The fourth-order valence-electron chi connectivity index (χ4n) is 2.79. The van der Waals surface area contributed by atoms with Crippen LogP contribution < -0.4 is 5.73 Å². The number of hydrogen-bond donors (Lipinski definition) is 1. The van der Waals surface area contributed by atoms with Crippen LogP contribution in [0.4, 0.5) is 4.79 Å². The highest BCUT2D eigenvalue weighted by atomic mass is 16.5. The lowest BCUT2D eigenvalue weighted by Gasteiger charge is -2.29. The maximum absolute atomic E-state index is 11.3. The van der Waals surface area contributed by atoms with E-state index in [-0.39, 0.29) is 12.1 Å². The first kappa shape index (κ1) is 9.77. The molecule has 1 aliphatic carbocycles. The Kier molecular flexibility index (Phi) is 2.63. The number of fused-ring (bicyclic) bond motifs is 1. The van der Waals surface area contributed by atoms with Crippen molar-refractivity contribution >= 4 is 6.09 Å². The van der Waals surface area contributed by atoms with Crippen molar-refractivity contribution in [3.8, 4) is 0 Å². The lowest BCUT2D eigenvalue weighted by molar-refractivity contribution is 0.130. The van der Waals surface area contributed by atoms with Crippen molar-refractivity contribution < 1.29 is 9.53 Å². The second kappa shape index (κ2) is 3.77. The molecule has 0 aromatic carbocycles. The van der Waals surface area contributed by atoms with Gasteiger partial charge in [0.25, 0.3) is 0 Å². The SMILES string of the molecule is COC(=O)N1CC2CCCC(N)C2C1. The molecule has 0 aromatic heterocycles. The summed E-state index contributed by atoms with van der Waals surface area (Å²) < 4.78 is 4.72. The van der Waals surface area contributed by atoms with Gasteiger partial charge < -0.3 is 15.4 Å². The molecule has 0 bridgehead atoms. The van der Waals surface area contributed by atoms with Crippen LogP contribution in [0.2, 0.25) is 0 Å². The molecule has 4 heteroatoms. The first-order valence-electron chi connectivity index (χ1n) is 5.31. The molecule has 80 valence electrons. The minimum absolute atomic E-state index is 0.202. The second-order valence-electron chi connectivity index (χ2n) is 4.39. The van der Waals surface area contributed by atoms with Crippen molar-refractivity contribution in [2.75, 3.05) is 20.2 Å². The van der Waals surface area contributed by atoms with Gasteiger partial charge in [0.1, 0.15) is 0 Å². The van der Waals surface area contributed by atoms with Crippen molar-refractivity contribution in [3.63, 3.8) is 0 Å². The molecule has 1 aliphatic heterocycles. The van der Waals surface area contributed by atoms with Crippen LogP contribution in [0.25, 0.3) is 0 Å². The second-order valence-corrected chi connectivity index (χ2v) is 4.39. The molecule has 3 unspecified atom stereocenters. The third kappa shape index (κ3) is 1.59. The van der Waals surface area contributed by atoms with Crippen LogP contribution in [0.5, 0.6) is 0 Å². The number of carbonyl (C=O) groups is 1. The third-order valence-corrected chi connectivity index (χ3v) is 3.59. The van der Waals surface area contributed by atoms with E-state index in [4.69, 9.17) is 10.5 Å². The predicted octanol–water partition coefficient (Wildman–Crippen LogP) is 0.812. The van der Waals surface area contributed by atoms with Crippen LogP contribution >= 0.6 is 0 Å². The normalized spacial score (nSPS) is 36.7. The summed E-state index contributed by atoms with van der Waals surface area (Å²) in [6, 6.07) is 0.281. The Morgan fingerprint density at radius 2 is 2.21 bits per heavy atom. The molecule has 0 aromatic rings. The molecule has 1 heterocycles. The first-order valence-corrected chi connectivity index (χ1v) is 5.31. The van der Waals surface area contributed by atoms with Gasteiger partial charge in [0, 0.05) is 19.1 Å². The molecule has 1 saturated carbocycles. The molecule has 1 amide bonds. The van der Waals surface area contributed by atoms with Crippen LogP contribution in [0.1, 0.15) is 19.3 Å². The average molecular weight is 198 g/mol. The van der Waals surface area contributed by atoms with Gasteiger partial charge in [-0.2, -0.15) is 0 Å². The molecule has 2 N–H and O–H groups in total. The van der Waals surface area contributed by atoms with Gasteiger partial charge >= 0.3 is 6.09 Å². The van der Waals surface area contributed by atoms with Crippen molar-refractivity contribution in [2.24, 2.45) is 17.6 Å². The Labute approximate surface area is 84.4 Å². The summed E-state index contributed by atoms with van der Waals surface area (Å²) in [5.41, 5.74) is 6.04. The van der Waals surface area contributed by atoms with E-state index in [9.17, 15) is 4.79 Å². The number of carbonyl (C=O) groups excluding carboxylic acids is 1. The van der Waals surface area contributed by atoms with E-state index in [2.05, 4.69) is 0 Å². The molecule has 0 spiro atoms. The van der Waals surface area contributed by atoms with Crippen LogP contribution in [0.15, 0.2) is 0 Å². The summed E-state index contributed by atoms with van der Waals surface area (Å²) in [7, 11) is 1.43. The lowest BCUT2D eigenvalue weighted by atomic mass is 9.78. The molecule has 3 atom stereocenters. The van der Waals surface area contributed by atoms with Gasteiger partial charge in [-0.05, 0) is 24.7 Å². The molecule has 2 rings (SSSR count). The van der Waals surface area contributed by atoms with Crippen LogP contribution in [0.3, 0.4) is 0 Å². The zero-order valence-electron chi connectivity index (χ0n) is 8.61. The largest absolute Gasteiger partial charge is 0.453 e. The van der Waals surface area contributed by atoms with Gasteiger partial charge in [0.05, 0.1) is 7.11 Å². The molecule has 1 saturated heterocycles. The topological polar surface area (TPSA) is 55.6 Å². The molecular weight excluding hydrogens is 180 g/mol. The monoisotopic (exact) mass is 198 g/mol. The Bertz CT molecular complexity index is 232. The predicted molar refractivity (Wildman–Crippen MR) is 52.8 cm³/mol. The number of nitrogens with two attached hydrogens (primary N) is 1. The van der Waals surface area contributed by atoms with Crippen molar-refractivity contribution in [3.05, 3.63) is 0 Å². The molecule has 14 heavy (non-hydrogen) atoms. The Balaban J connectivity index is 2.00. The zero-order valence-corrected chi connectivity index (χ0v) is 8.61. The minimum atomic E-state index is -0.202. The van der Waals surface area contributed by atoms with Gasteiger partial charge in [-0.15, -0.1) is 0 Å². The standard InChI is InChI=1S/C10H18N2O2/c1-14-10(13)12-5-7-3-2-4-9(11)8(7)6-12/h7-9H,2-6,11H2,1H3. The van der Waals surface area contributed by atoms with E-state index in [0.717, 1.165) is 19.5 Å². The van der Waals surface area contributed by atoms with Gasteiger partial charge in [-0.1, -0.05) is 6.42 Å². The zero-order chi connectivity index (χ0) is 10.1. The molecule has 4 nitrogen and oxygen atoms in total. The summed E-state index contributed by atoms with van der Waals surface area (Å²) in [4.78, 5) is 13.1. The summed E-state index contributed by atoms with van der Waals surface area (Å²) in [6.45, 7) is 1.63. The summed E-state index contributed by atoms with van der Waals surface area (Å²) in [5, 5.41) is 0. The van der Waals surface area contributed by atoms with E-state index >= 15 is 0 Å². The van der Waals surface area contributed by atoms with Gasteiger partial charge in [-0.25, -0.2) is 4.79 Å². The molecule has 0 radical (unpaired) electrons. The number of amides is 1. The summed E-state index contributed by atoms with van der Waals surface area (Å²) in [6.07, 6.45) is 3.32. The van der Waals surface area contributed by atoms with Crippen LogP contribution in [-0.4, -0.2) is 37.2 Å². The maximum Gasteiger partial charge on any atom is 0.409 e. The highest BCUT2D eigenvalue weighted by Gasteiger charge is 2.40.